The SMILES string of the molecule is CCC1N=CNN1c1ccc(/C=C/C(c2cc(Cl)c(Cl)c(Cl)c2)C(F)(F)F)cc1. The lowest BCUT2D eigenvalue weighted by Crippen LogP contribution is -2.38. The van der Waals surface area contributed by atoms with Gasteiger partial charge >= 0.3 is 6.18 Å². The fourth-order valence-corrected chi connectivity index (χ4v) is 3.60. The van der Waals surface area contributed by atoms with Gasteiger partial charge < -0.3 is 0 Å². The van der Waals surface area contributed by atoms with Gasteiger partial charge in [-0.1, -0.05) is 66.0 Å². The molecule has 0 spiro atoms. The van der Waals surface area contributed by atoms with Gasteiger partial charge in [0.15, 0.2) is 0 Å². The Bertz CT molecular complexity index is 904. The van der Waals surface area contributed by atoms with Crippen molar-refractivity contribution >= 4 is 52.9 Å². The summed E-state index contributed by atoms with van der Waals surface area (Å²) in [6.07, 6.45) is 0.427. The highest BCUT2D eigenvalue weighted by Crippen LogP contribution is 2.41. The fourth-order valence-electron chi connectivity index (χ4n) is 2.99. The predicted octanol–water partition coefficient (Wildman–Crippen LogP) is 7.10. The molecule has 1 heterocycles. The first-order chi connectivity index (χ1) is 13.7. The van der Waals surface area contributed by atoms with E-state index < -0.39 is 12.1 Å². The third-order valence-electron chi connectivity index (χ3n) is 4.48. The number of alkyl halides is 3. The molecule has 0 fully saturated rings. The van der Waals surface area contributed by atoms with Crippen LogP contribution >= 0.6 is 34.8 Å². The summed E-state index contributed by atoms with van der Waals surface area (Å²) in [5.41, 5.74) is 4.46. The van der Waals surface area contributed by atoms with E-state index in [4.69, 9.17) is 34.8 Å². The molecule has 0 aliphatic carbocycles. The Morgan fingerprint density at radius 2 is 1.76 bits per heavy atom. The molecule has 0 aromatic heterocycles. The standard InChI is InChI=1S/C20H17Cl3F3N3/c1-2-18-27-11-28-29(18)14-6-3-12(4-7-14)5-8-15(20(24,25)26)13-9-16(21)19(23)17(22)10-13/h3-11,15,18H,2H2,1H3,(H,27,28)/b8-5+. The molecule has 29 heavy (non-hydrogen) atoms. The molecule has 1 aliphatic heterocycles. The summed E-state index contributed by atoms with van der Waals surface area (Å²) in [6.45, 7) is 2.02. The van der Waals surface area contributed by atoms with E-state index in [1.54, 1.807) is 18.5 Å². The highest BCUT2D eigenvalue weighted by Gasteiger charge is 2.39. The van der Waals surface area contributed by atoms with Gasteiger partial charge in [0, 0.05) is 0 Å². The Morgan fingerprint density at radius 1 is 1.14 bits per heavy atom. The lowest BCUT2D eigenvalue weighted by Gasteiger charge is -2.24. The third kappa shape index (κ3) is 5.00. The van der Waals surface area contributed by atoms with Crippen LogP contribution in [0.15, 0.2) is 47.5 Å². The molecule has 9 heteroatoms. The van der Waals surface area contributed by atoms with Crippen molar-refractivity contribution in [2.24, 2.45) is 4.99 Å². The first-order valence-corrected chi connectivity index (χ1v) is 9.90. The number of anilines is 1. The molecule has 2 unspecified atom stereocenters. The van der Waals surface area contributed by atoms with E-state index in [1.165, 1.54) is 18.2 Å². The molecule has 3 rings (SSSR count). The van der Waals surface area contributed by atoms with Gasteiger partial charge in [0.25, 0.3) is 0 Å². The van der Waals surface area contributed by atoms with Crippen LogP contribution in [-0.4, -0.2) is 18.7 Å². The van der Waals surface area contributed by atoms with Crippen LogP contribution in [0.3, 0.4) is 0 Å². The second-order valence-electron chi connectivity index (χ2n) is 6.43. The number of halogens is 6. The molecule has 154 valence electrons. The van der Waals surface area contributed by atoms with Crippen LogP contribution in [0.25, 0.3) is 6.08 Å². The summed E-state index contributed by atoms with van der Waals surface area (Å²) >= 11 is 17.7. The van der Waals surface area contributed by atoms with Crippen LogP contribution in [0.2, 0.25) is 15.1 Å². The average Bonchev–Trinajstić information content (AvgIpc) is 3.14. The van der Waals surface area contributed by atoms with Gasteiger partial charge in [0.2, 0.25) is 0 Å². The Hall–Kier alpha value is -1.89. The van der Waals surface area contributed by atoms with E-state index >= 15 is 0 Å². The van der Waals surface area contributed by atoms with Gasteiger partial charge in [-0.2, -0.15) is 13.2 Å². The first kappa shape index (κ1) is 21.8. The van der Waals surface area contributed by atoms with Crippen LogP contribution in [0.4, 0.5) is 18.9 Å². The van der Waals surface area contributed by atoms with Gasteiger partial charge in [-0.05, 0) is 41.8 Å². The van der Waals surface area contributed by atoms with Gasteiger partial charge in [-0.15, -0.1) is 0 Å². The summed E-state index contributed by atoms with van der Waals surface area (Å²) in [5.74, 6) is -1.87. The molecule has 0 radical (unpaired) electrons. The average molecular weight is 463 g/mol. The number of hydrogen-bond donors (Lipinski definition) is 1. The molecule has 0 saturated carbocycles. The van der Waals surface area contributed by atoms with Crippen molar-refractivity contribution in [2.75, 3.05) is 5.01 Å². The summed E-state index contributed by atoms with van der Waals surface area (Å²) in [5, 5.41) is 1.88. The topological polar surface area (TPSA) is 27.6 Å². The largest absolute Gasteiger partial charge is 0.399 e. The maximum Gasteiger partial charge on any atom is 0.399 e. The van der Waals surface area contributed by atoms with Crippen molar-refractivity contribution in [3.63, 3.8) is 0 Å². The highest BCUT2D eigenvalue weighted by atomic mass is 35.5. The normalized spacial score (nSPS) is 17.8. The van der Waals surface area contributed by atoms with E-state index in [0.717, 1.165) is 18.2 Å². The quantitative estimate of drug-likeness (QED) is 0.480. The second kappa shape index (κ2) is 8.86. The van der Waals surface area contributed by atoms with E-state index in [9.17, 15) is 13.2 Å². The van der Waals surface area contributed by atoms with Crippen LogP contribution in [0.1, 0.15) is 30.4 Å². The van der Waals surface area contributed by atoms with Crippen molar-refractivity contribution < 1.29 is 13.2 Å². The summed E-state index contributed by atoms with van der Waals surface area (Å²) in [6, 6.07) is 9.50. The minimum absolute atomic E-state index is 0.00889. The minimum Gasteiger partial charge on any atom is -0.286 e. The van der Waals surface area contributed by atoms with Crippen molar-refractivity contribution in [2.45, 2.75) is 31.6 Å². The number of nitrogens with one attached hydrogen (secondary N) is 1. The number of nitrogens with zero attached hydrogens (tertiary/aromatic N) is 2. The lowest BCUT2D eigenvalue weighted by molar-refractivity contribution is -0.139. The third-order valence-corrected chi connectivity index (χ3v) is 5.67. The van der Waals surface area contributed by atoms with Crippen molar-refractivity contribution in [3.8, 4) is 0 Å². The van der Waals surface area contributed by atoms with Crippen LogP contribution < -0.4 is 10.4 Å². The monoisotopic (exact) mass is 461 g/mol. The van der Waals surface area contributed by atoms with Gasteiger partial charge in [-0.3, -0.25) is 10.4 Å². The van der Waals surface area contributed by atoms with E-state index in [-0.39, 0.29) is 26.8 Å². The Morgan fingerprint density at radius 3 is 2.31 bits per heavy atom. The highest BCUT2D eigenvalue weighted by molar-refractivity contribution is 6.48. The molecule has 0 saturated heterocycles. The lowest BCUT2D eigenvalue weighted by atomic mass is 9.97. The zero-order valence-electron chi connectivity index (χ0n) is 15.2. The molecule has 2 aromatic carbocycles. The molecule has 3 nitrogen and oxygen atoms in total. The van der Waals surface area contributed by atoms with E-state index in [1.807, 2.05) is 24.1 Å². The number of hydrazine groups is 1. The summed E-state index contributed by atoms with van der Waals surface area (Å²) in [4.78, 5) is 4.29. The van der Waals surface area contributed by atoms with E-state index in [2.05, 4.69) is 10.4 Å². The van der Waals surface area contributed by atoms with Gasteiger partial charge in [0.1, 0.15) is 12.5 Å². The smallest absolute Gasteiger partial charge is 0.286 e. The van der Waals surface area contributed by atoms with Crippen LogP contribution in [0.5, 0.6) is 0 Å². The number of rotatable bonds is 5. The van der Waals surface area contributed by atoms with Gasteiger partial charge in [-0.25, -0.2) is 4.99 Å². The second-order valence-corrected chi connectivity index (χ2v) is 7.63. The maximum atomic E-state index is 13.6. The maximum absolute atomic E-state index is 13.6. The van der Waals surface area contributed by atoms with Crippen LogP contribution in [-0.2, 0) is 0 Å². The number of benzene rings is 2. The number of allylic oxidation sites excluding steroid dienone is 1. The molecule has 1 N–H and O–H groups in total. The zero-order chi connectivity index (χ0) is 21.2. The molecule has 0 bridgehead atoms. The zero-order valence-corrected chi connectivity index (χ0v) is 17.5. The van der Waals surface area contributed by atoms with Crippen molar-refractivity contribution in [1.82, 2.24) is 5.43 Å². The number of aliphatic imine (C=N–C) groups is 1. The minimum atomic E-state index is -4.51. The first-order valence-electron chi connectivity index (χ1n) is 8.77. The molecular weight excluding hydrogens is 446 g/mol. The Labute approximate surface area is 181 Å². The van der Waals surface area contributed by atoms with E-state index in [0.29, 0.717) is 5.56 Å². The predicted molar refractivity (Wildman–Crippen MR) is 114 cm³/mol. The van der Waals surface area contributed by atoms with Crippen molar-refractivity contribution in [1.29, 1.82) is 0 Å². The van der Waals surface area contributed by atoms with Gasteiger partial charge in [0.05, 0.1) is 26.7 Å². The molecule has 2 aromatic rings. The molecule has 0 amide bonds. The Balaban J connectivity index is 1.83. The fraction of sp³-hybridized carbons (Fsp3) is 0.250. The molecular formula is C20H17Cl3F3N3. The Kier molecular flexibility index (Phi) is 6.66. The molecule has 1 aliphatic rings. The van der Waals surface area contributed by atoms with Crippen molar-refractivity contribution in [3.05, 3.63) is 68.7 Å². The number of hydrogen-bond acceptors (Lipinski definition) is 3. The summed E-state index contributed by atoms with van der Waals surface area (Å²) < 4.78 is 40.9. The summed E-state index contributed by atoms with van der Waals surface area (Å²) in [7, 11) is 0. The molecule has 2 atom stereocenters. The van der Waals surface area contributed by atoms with Crippen LogP contribution in [0, 0.1) is 0 Å².